The van der Waals surface area contributed by atoms with Crippen LogP contribution in [0, 0.1) is 0 Å². The molecule has 0 spiro atoms. The Morgan fingerprint density at radius 1 is 1.15 bits per heavy atom. The number of rotatable bonds is 6. The Bertz CT molecular complexity index is 745. The maximum Gasteiger partial charge on any atom is 0.134 e. The third-order valence-electron chi connectivity index (χ3n) is 5.50. The molecule has 27 heavy (non-hydrogen) atoms. The Kier molecular flexibility index (Phi) is 5.85. The summed E-state index contributed by atoms with van der Waals surface area (Å²) in [6.45, 7) is 8.20. The van der Waals surface area contributed by atoms with Gasteiger partial charge in [0.25, 0.3) is 0 Å². The van der Waals surface area contributed by atoms with E-state index in [2.05, 4.69) is 48.0 Å². The van der Waals surface area contributed by atoms with Gasteiger partial charge in [0.05, 0.1) is 23.4 Å². The Hall–Kier alpha value is -1.77. The highest BCUT2D eigenvalue weighted by Crippen LogP contribution is 2.26. The molecule has 1 atom stereocenters. The van der Waals surface area contributed by atoms with E-state index in [1.54, 1.807) is 17.7 Å². The molecule has 7 nitrogen and oxygen atoms in total. The Morgan fingerprint density at radius 2 is 1.96 bits per heavy atom. The number of hydrogen-bond acceptors (Lipinski definition) is 8. The van der Waals surface area contributed by atoms with Gasteiger partial charge in [-0.05, 0) is 19.3 Å². The van der Waals surface area contributed by atoms with Gasteiger partial charge in [-0.15, -0.1) is 11.3 Å². The van der Waals surface area contributed by atoms with Crippen LogP contribution >= 0.6 is 11.3 Å². The molecule has 2 saturated heterocycles. The highest BCUT2D eigenvalue weighted by atomic mass is 32.1. The van der Waals surface area contributed by atoms with Gasteiger partial charge in [0.15, 0.2) is 0 Å². The van der Waals surface area contributed by atoms with E-state index in [1.165, 1.54) is 10.7 Å². The molecule has 1 N–H and O–H groups in total. The summed E-state index contributed by atoms with van der Waals surface area (Å²) < 4.78 is 0. The number of aromatic nitrogens is 3. The summed E-state index contributed by atoms with van der Waals surface area (Å²) in [6.07, 6.45) is 4.82. The highest BCUT2D eigenvalue weighted by molar-refractivity contribution is 7.09. The number of thiazole rings is 1. The molecule has 4 heterocycles. The van der Waals surface area contributed by atoms with E-state index in [1.807, 2.05) is 0 Å². The minimum Gasteiger partial charge on any atom is -0.394 e. The third kappa shape index (κ3) is 4.23. The van der Waals surface area contributed by atoms with Crippen molar-refractivity contribution in [3.8, 4) is 0 Å². The number of aliphatic hydroxyl groups excluding tert-OH is 1. The topological polar surface area (TPSA) is 68.6 Å². The molecular weight excluding hydrogens is 360 g/mol. The van der Waals surface area contributed by atoms with E-state index in [0.29, 0.717) is 0 Å². The zero-order valence-corrected chi connectivity index (χ0v) is 16.7. The lowest BCUT2D eigenvalue weighted by Gasteiger charge is -2.35. The molecular formula is C19H28N6OS. The molecule has 0 bridgehead atoms. The lowest BCUT2D eigenvalue weighted by Crippen LogP contribution is -2.46. The maximum absolute atomic E-state index is 9.58. The Labute approximate surface area is 164 Å². The van der Waals surface area contributed by atoms with Crippen molar-refractivity contribution >= 4 is 23.0 Å². The zero-order chi connectivity index (χ0) is 18.6. The van der Waals surface area contributed by atoms with Crippen LogP contribution in [0.15, 0.2) is 17.8 Å². The minimum atomic E-state index is 0.189. The molecule has 0 radical (unpaired) electrons. The number of nitrogens with zero attached hydrogens (tertiary/aromatic N) is 6. The van der Waals surface area contributed by atoms with Crippen molar-refractivity contribution in [2.75, 3.05) is 49.1 Å². The molecule has 0 aliphatic carbocycles. The van der Waals surface area contributed by atoms with Crippen molar-refractivity contribution in [1.29, 1.82) is 0 Å². The van der Waals surface area contributed by atoms with Crippen LogP contribution in [0.1, 0.15) is 30.5 Å². The van der Waals surface area contributed by atoms with E-state index in [-0.39, 0.29) is 12.6 Å². The number of anilines is 2. The van der Waals surface area contributed by atoms with E-state index in [4.69, 9.17) is 0 Å². The summed E-state index contributed by atoms with van der Waals surface area (Å²) in [5.74, 6) is 1.93. The van der Waals surface area contributed by atoms with Crippen molar-refractivity contribution < 1.29 is 5.11 Å². The first-order valence-electron chi connectivity index (χ1n) is 9.87. The van der Waals surface area contributed by atoms with Gasteiger partial charge in [-0.25, -0.2) is 15.0 Å². The fourth-order valence-electron chi connectivity index (χ4n) is 3.94. The fraction of sp³-hybridized carbons (Fsp3) is 0.632. The van der Waals surface area contributed by atoms with Gasteiger partial charge >= 0.3 is 0 Å². The first kappa shape index (κ1) is 18.6. The van der Waals surface area contributed by atoms with Crippen LogP contribution in [0.25, 0.3) is 0 Å². The van der Waals surface area contributed by atoms with Gasteiger partial charge < -0.3 is 14.9 Å². The van der Waals surface area contributed by atoms with Gasteiger partial charge in [-0.2, -0.15) is 0 Å². The average Bonchev–Trinajstić information content (AvgIpc) is 3.37. The first-order valence-corrected chi connectivity index (χ1v) is 10.7. The largest absolute Gasteiger partial charge is 0.394 e. The molecule has 2 fully saturated rings. The maximum atomic E-state index is 9.58. The van der Waals surface area contributed by atoms with Crippen molar-refractivity contribution in [3.63, 3.8) is 0 Å². The third-order valence-corrected chi connectivity index (χ3v) is 6.55. The number of aryl methyl sites for hydroxylation is 1. The molecule has 4 rings (SSSR count). The molecule has 8 heteroatoms. The summed E-state index contributed by atoms with van der Waals surface area (Å²) in [5.41, 5.74) is 1.19. The van der Waals surface area contributed by atoms with Crippen molar-refractivity contribution in [2.24, 2.45) is 0 Å². The second kappa shape index (κ2) is 8.50. The number of aliphatic hydroxyl groups is 1. The highest BCUT2D eigenvalue weighted by Gasteiger charge is 2.26. The second-order valence-electron chi connectivity index (χ2n) is 7.26. The Balaban J connectivity index is 1.36. The summed E-state index contributed by atoms with van der Waals surface area (Å²) in [5, 5.41) is 13.0. The van der Waals surface area contributed by atoms with E-state index >= 15 is 0 Å². The summed E-state index contributed by atoms with van der Waals surface area (Å²) in [6, 6.07) is 2.27. The van der Waals surface area contributed by atoms with Crippen LogP contribution in [-0.2, 0) is 13.0 Å². The molecule has 2 aromatic heterocycles. The van der Waals surface area contributed by atoms with Crippen LogP contribution in [0.3, 0.4) is 0 Å². The summed E-state index contributed by atoms with van der Waals surface area (Å²) in [7, 11) is 0. The summed E-state index contributed by atoms with van der Waals surface area (Å²) in [4.78, 5) is 20.7. The molecule has 0 amide bonds. The van der Waals surface area contributed by atoms with Gasteiger partial charge in [0, 0.05) is 50.7 Å². The lowest BCUT2D eigenvalue weighted by molar-refractivity contribution is 0.247. The van der Waals surface area contributed by atoms with Crippen LogP contribution in [0.4, 0.5) is 11.6 Å². The van der Waals surface area contributed by atoms with Crippen molar-refractivity contribution in [1.82, 2.24) is 19.9 Å². The normalized spacial score (nSPS) is 21.2. The fourth-order valence-corrected chi connectivity index (χ4v) is 4.68. The van der Waals surface area contributed by atoms with Crippen LogP contribution in [-0.4, -0.2) is 70.3 Å². The van der Waals surface area contributed by atoms with Gasteiger partial charge in [-0.1, -0.05) is 6.92 Å². The van der Waals surface area contributed by atoms with Crippen molar-refractivity contribution in [2.45, 2.75) is 38.8 Å². The van der Waals surface area contributed by atoms with E-state index in [0.717, 1.165) is 70.2 Å². The molecule has 2 aromatic rings. The van der Waals surface area contributed by atoms with Crippen LogP contribution < -0.4 is 9.80 Å². The molecule has 2 aliphatic rings. The minimum absolute atomic E-state index is 0.189. The second-order valence-corrected chi connectivity index (χ2v) is 8.20. The quantitative estimate of drug-likeness (QED) is 0.809. The number of hydrogen-bond donors (Lipinski definition) is 1. The molecule has 0 aromatic carbocycles. The summed E-state index contributed by atoms with van der Waals surface area (Å²) >= 11 is 1.76. The molecule has 0 saturated carbocycles. The van der Waals surface area contributed by atoms with Crippen LogP contribution in [0.5, 0.6) is 0 Å². The van der Waals surface area contributed by atoms with Crippen LogP contribution in [0.2, 0.25) is 0 Å². The predicted octanol–water partition coefficient (Wildman–Crippen LogP) is 1.78. The van der Waals surface area contributed by atoms with Crippen molar-refractivity contribution in [3.05, 3.63) is 28.5 Å². The smallest absolute Gasteiger partial charge is 0.134 e. The molecule has 2 aliphatic heterocycles. The molecule has 146 valence electrons. The lowest BCUT2D eigenvalue weighted by atomic mass is 10.2. The van der Waals surface area contributed by atoms with E-state index in [9.17, 15) is 5.11 Å². The van der Waals surface area contributed by atoms with Gasteiger partial charge in [0.1, 0.15) is 18.0 Å². The molecule has 1 unspecified atom stereocenters. The SMILES string of the molecule is CCc1nc(CN2CCN(c3cc(N4CCCC4CO)ncn3)CC2)cs1. The van der Waals surface area contributed by atoms with Gasteiger partial charge in [-0.3, -0.25) is 4.90 Å². The first-order chi connectivity index (χ1) is 13.3. The van der Waals surface area contributed by atoms with Gasteiger partial charge in [0.2, 0.25) is 0 Å². The zero-order valence-electron chi connectivity index (χ0n) is 15.9. The average molecular weight is 389 g/mol. The Morgan fingerprint density at radius 3 is 2.70 bits per heavy atom. The van der Waals surface area contributed by atoms with E-state index < -0.39 is 0 Å². The standard InChI is InChI=1S/C19H28N6OS/c1-2-19-22-15(13-27-19)11-23-6-8-24(9-7-23)17-10-18(21-14-20-17)25-5-3-4-16(25)12-26/h10,13-14,16,26H,2-9,11-12H2,1H3. The number of piperazine rings is 1. The predicted molar refractivity (Wildman–Crippen MR) is 108 cm³/mol. The monoisotopic (exact) mass is 388 g/mol.